The van der Waals surface area contributed by atoms with Crippen LogP contribution in [0.15, 0.2) is 60.3 Å². The number of benzene rings is 2. The molecule has 3 aromatic rings. The lowest BCUT2D eigenvalue weighted by molar-refractivity contribution is -0.114. The second-order valence-electron chi connectivity index (χ2n) is 5.75. The summed E-state index contributed by atoms with van der Waals surface area (Å²) < 4.78 is 2.12. The molecule has 4 nitrogen and oxygen atoms in total. The number of hydrogen-bond donors (Lipinski definition) is 1. The molecular weight excluding hydrogens is 298 g/mol. The molecule has 1 heterocycles. The van der Waals surface area contributed by atoms with Crippen LogP contribution < -0.4 is 5.73 Å². The molecule has 0 bridgehead atoms. The van der Waals surface area contributed by atoms with Crippen molar-refractivity contribution < 1.29 is 4.79 Å². The number of nitrogens with two attached hydrogens (primary N) is 1. The van der Waals surface area contributed by atoms with Crippen LogP contribution in [0, 0.1) is 18.3 Å². The molecular formula is C20H17N3O. The lowest BCUT2D eigenvalue weighted by Gasteiger charge is -2.06. The highest BCUT2D eigenvalue weighted by Crippen LogP contribution is 2.24. The van der Waals surface area contributed by atoms with Crippen LogP contribution in [0.2, 0.25) is 0 Å². The molecule has 2 aromatic carbocycles. The van der Waals surface area contributed by atoms with Gasteiger partial charge < -0.3 is 10.3 Å². The molecule has 2 N–H and O–H groups in total. The Bertz CT molecular complexity index is 990. The maximum Gasteiger partial charge on any atom is 0.259 e. The van der Waals surface area contributed by atoms with Gasteiger partial charge in [-0.2, -0.15) is 5.26 Å². The van der Waals surface area contributed by atoms with Gasteiger partial charge in [-0.15, -0.1) is 0 Å². The first kappa shape index (κ1) is 15.6. The second kappa shape index (κ2) is 6.43. The predicted molar refractivity (Wildman–Crippen MR) is 95.0 cm³/mol. The van der Waals surface area contributed by atoms with Gasteiger partial charge in [0.2, 0.25) is 0 Å². The summed E-state index contributed by atoms with van der Waals surface area (Å²) in [6.45, 7) is 2.78. The van der Waals surface area contributed by atoms with Crippen LogP contribution in [0.3, 0.4) is 0 Å². The van der Waals surface area contributed by atoms with Crippen molar-refractivity contribution in [2.24, 2.45) is 5.73 Å². The topological polar surface area (TPSA) is 71.8 Å². The fourth-order valence-corrected chi connectivity index (χ4v) is 2.84. The summed E-state index contributed by atoms with van der Waals surface area (Å²) in [7, 11) is 0. The minimum Gasteiger partial charge on any atom is -0.365 e. The summed E-state index contributed by atoms with van der Waals surface area (Å²) >= 11 is 0. The Morgan fingerprint density at radius 3 is 2.75 bits per heavy atom. The number of nitriles is 1. The number of nitrogens with zero attached hydrogens (tertiary/aromatic N) is 2. The van der Waals surface area contributed by atoms with Crippen molar-refractivity contribution in [2.75, 3.05) is 0 Å². The summed E-state index contributed by atoms with van der Waals surface area (Å²) in [6, 6.07) is 18.1. The Kier molecular flexibility index (Phi) is 4.17. The molecule has 0 atom stereocenters. The van der Waals surface area contributed by atoms with E-state index in [0.717, 1.165) is 16.5 Å². The van der Waals surface area contributed by atoms with E-state index in [1.807, 2.05) is 42.6 Å². The Labute approximate surface area is 140 Å². The van der Waals surface area contributed by atoms with Gasteiger partial charge in [0.25, 0.3) is 5.91 Å². The molecule has 0 spiro atoms. The fraction of sp³-hybridized carbons (Fsp3) is 0.100. The van der Waals surface area contributed by atoms with E-state index >= 15 is 0 Å². The molecule has 3 rings (SSSR count). The van der Waals surface area contributed by atoms with Crippen LogP contribution in [-0.4, -0.2) is 10.5 Å². The third-order valence-electron chi connectivity index (χ3n) is 3.94. The zero-order valence-electron chi connectivity index (χ0n) is 13.4. The molecule has 1 aromatic heterocycles. The second-order valence-corrected chi connectivity index (χ2v) is 5.75. The van der Waals surface area contributed by atoms with Gasteiger partial charge in [-0.1, -0.05) is 48.0 Å². The monoisotopic (exact) mass is 315 g/mol. The summed E-state index contributed by atoms with van der Waals surface area (Å²) in [4.78, 5) is 11.3. The number of primary amides is 1. The molecule has 0 aliphatic carbocycles. The van der Waals surface area contributed by atoms with E-state index in [-0.39, 0.29) is 5.57 Å². The first-order chi connectivity index (χ1) is 11.6. The highest BCUT2D eigenvalue weighted by atomic mass is 16.1. The summed E-state index contributed by atoms with van der Waals surface area (Å²) in [5.74, 6) is -0.715. The average molecular weight is 315 g/mol. The van der Waals surface area contributed by atoms with Gasteiger partial charge in [-0.25, -0.2) is 0 Å². The van der Waals surface area contributed by atoms with E-state index in [4.69, 9.17) is 11.0 Å². The van der Waals surface area contributed by atoms with Crippen LogP contribution in [0.4, 0.5) is 0 Å². The van der Waals surface area contributed by atoms with Crippen LogP contribution >= 0.6 is 0 Å². The third kappa shape index (κ3) is 3.06. The van der Waals surface area contributed by atoms with Crippen molar-refractivity contribution in [1.82, 2.24) is 4.57 Å². The molecule has 0 saturated heterocycles. The smallest absolute Gasteiger partial charge is 0.259 e. The fourth-order valence-electron chi connectivity index (χ4n) is 2.84. The van der Waals surface area contributed by atoms with E-state index in [0.29, 0.717) is 6.54 Å². The number of aryl methyl sites for hydroxylation is 1. The maximum absolute atomic E-state index is 11.3. The zero-order chi connectivity index (χ0) is 17.1. The van der Waals surface area contributed by atoms with Crippen LogP contribution in [-0.2, 0) is 11.3 Å². The minimum absolute atomic E-state index is 0.0477. The lowest BCUT2D eigenvalue weighted by atomic mass is 10.1. The number of rotatable bonds is 4. The zero-order valence-corrected chi connectivity index (χ0v) is 13.4. The number of hydrogen-bond acceptors (Lipinski definition) is 2. The molecule has 0 aliphatic heterocycles. The van der Waals surface area contributed by atoms with E-state index in [9.17, 15) is 4.79 Å². The number of carbonyl (C=O) groups is 1. The van der Waals surface area contributed by atoms with Crippen molar-refractivity contribution >= 4 is 22.9 Å². The molecule has 0 fully saturated rings. The van der Waals surface area contributed by atoms with Crippen LogP contribution in [0.5, 0.6) is 0 Å². The van der Waals surface area contributed by atoms with E-state index in [2.05, 4.69) is 29.7 Å². The predicted octanol–water partition coefficient (Wildman–Crippen LogP) is 3.39. The first-order valence-corrected chi connectivity index (χ1v) is 7.63. The molecule has 4 heteroatoms. The molecule has 0 unspecified atom stereocenters. The summed E-state index contributed by atoms with van der Waals surface area (Å²) in [5, 5.41) is 10.1. The Morgan fingerprint density at radius 1 is 1.25 bits per heavy atom. The number of amides is 1. The first-order valence-electron chi connectivity index (χ1n) is 7.63. The van der Waals surface area contributed by atoms with Crippen molar-refractivity contribution in [3.63, 3.8) is 0 Å². The Morgan fingerprint density at radius 2 is 2.04 bits per heavy atom. The highest BCUT2D eigenvalue weighted by molar-refractivity contribution is 6.03. The number of para-hydroxylation sites is 1. The number of fused-ring (bicyclic) bond motifs is 1. The maximum atomic E-state index is 11.3. The van der Waals surface area contributed by atoms with Crippen molar-refractivity contribution in [3.8, 4) is 6.07 Å². The minimum atomic E-state index is -0.715. The molecule has 118 valence electrons. The van der Waals surface area contributed by atoms with Crippen molar-refractivity contribution in [2.45, 2.75) is 13.5 Å². The van der Waals surface area contributed by atoms with Crippen LogP contribution in [0.25, 0.3) is 17.0 Å². The van der Waals surface area contributed by atoms with Gasteiger partial charge in [0.15, 0.2) is 0 Å². The Hall–Kier alpha value is -3.32. The van der Waals surface area contributed by atoms with Gasteiger partial charge in [0.05, 0.1) is 0 Å². The normalized spacial score (nSPS) is 11.4. The van der Waals surface area contributed by atoms with Gasteiger partial charge in [-0.05, 0) is 24.6 Å². The molecule has 0 radical (unpaired) electrons. The number of carbonyl (C=O) groups excluding carboxylic acids is 1. The van der Waals surface area contributed by atoms with E-state index in [1.165, 1.54) is 11.1 Å². The highest BCUT2D eigenvalue weighted by Gasteiger charge is 2.10. The van der Waals surface area contributed by atoms with Gasteiger partial charge in [0.1, 0.15) is 11.6 Å². The Balaban J connectivity index is 2.10. The van der Waals surface area contributed by atoms with E-state index < -0.39 is 5.91 Å². The van der Waals surface area contributed by atoms with Crippen molar-refractivity contribution in [1.29, 1.82) is 5.26 Å². The summed E-state index contributed by atoms with van der Waals surface area (Å²) in [6.07, 6.45) is 3.50. The molecule has 24 heavy (non-hydrogen) atoms. The molecule has 0 saturated carbocycles. The van der Waals surface area contributed by atoms with Crippen LogP contribution in [0.1, 0.15) is 16.7 Å². The van der Waals surface area contributed by atoms with E-state index in [1.54, 1.807) is 6.08 Å². The standard InChI is InChI=1S/C20H17N3O/c1-14-5-4-6-15(9-14)12-23-13-17(10-16(11-21)20(22)24)18-7-2-3-8-19(18)23/h2-10,13H,12H2,1H3,(H2,22,24)/b16-10-. The SMILES string of the molecule is Cc1cccc(Cn2cc(/C=C(/C#N)C(N)=O)c3ccccc32)c1. The largest absolute Gasteiger partial charge is 0.365 e. The average Bonchev–Trinajstić information content (AvgIpc) is 2.90. The lowest BCUT2D eigenvalue weighted by Crippen LogP contribution is -2.12. The quantitative estimate of drug-likeness (QED) is 0.592. The van der Waals surface area contributed by atoms with Crippen molar-refractivity contribution in [3.05, 3.63) is 77.0 Å². The van der Waals surface area contributed by atoms with Gasteiger partial charge >= 0.3 is 0 Å². The third-order valence-corrected chi connectivity index (χ3v) is 3.94. The molecule has 1 amide bonds. The summed E-state index contributed by atoms with van der Waals surface area (Å²) in [5.41, 5.74) is 9.47. The molecule has 0 aliphatic rings. The number of aromatic nitrogens is 1. The van der Waals surface area contributed by atoms with Gasteiger partial charge in [-0.3, -0.25) is 4.79 Å². The van der Waals surface area contributed by atoms with Gasteiger partial charge in [0, 0.05) is 29.2 Å².